The van der Waals surface area contributed by atoms with Gasteiger partial charge in [-0.1, -0.05) is 24.3 Å². The third kappa shape index (κ3) is 3.53. The number of hydrogen-bond donors (Lipinski definition) is 1. The standard InChI is InChI=1S/C19H19NO4S/c1-3-24-18-12-13-19(17-7-5-4-6-16(17)18)25(21,22)20-14-8-10-15(23-2)11-9-14/h4-13,20H,3H2,1-2H3. The SMILES string of the molecule is CCOc1ccc(S(=O)(=O)Nc2ccc(OC)cc2)c2ccccc12. The van der Waals surface area contributed by atoms with Gasteiger partial charge in [0.15, 0.2) is 0 Å². The van der Waals surface area contributed by atoms with E-state index in [0.717, 1.165) is 5.39 Å². The molecular formula is C19H19NO4S. The van der Waals surface area contributed by atoms with E-state index >= 15 is 0 Å². The Balaban J connectivity index is 2.03. The molecule has 0 aromatic heterocycles. The molecule has 0 unspecified atom stereocenters. The summed E-state index contributed by atoms with van der Waals surface area (Å²) in [5, 5.41) is 1.39. The molecule has 0 aliphatic heterocycles. The Morgan fingerprint density at radius 3 is 2.24 bits per heavy atom. The molecule has 0 spiro atoms. The maximum absolute atomic E-state index is 12.9. The summed E-state index contributed by atoms with van der Waals surface area (Å²) >= 11 is 0. The molecule has 0 bridgehead atoms. The molecule has 3 aromatic carbocycles. The van der Waals surface area contributed by atoms with Gasteiger partial charge in [0.2, 0.25) is 0 Å². The highest BCUT2D eigenvalue weighted by Gasteiger charge is 2.19. The summed E-state index contributed by atoms with van der Waals surface area (Å²) < 4.78 is 39.0. The normalized spacial score (nSPS) is 11.3. The average molecular weight is 357 g/mol. The molecule has 0 heterocycles. The van der Waals surface area contributed by atoms with Crippen LogP contribution in [0.25, 0.3) is 10.8 Å². The second-order valence-electron chi connectivity index (χ2n) is 5.37. The lowest BCUT2D eigenvalue weighted by Crippen LogP contribution is -2.13. The van der Waals surface area contributed by atoms with E-state index in [4.69, 9.17) is 9.47 Å². The smallest absolute Gasteiger partial charge is 0.262 e. The third-order valence-corrected chi connectivity index (χ3v) is 5.22. The van der Waals surface area contributed by atoms with Crippen molar-refractivity contribution < 1.29 is 17.9 Å². The summed E-state index contributed by atoms with van der Waals surface area (Å²) in [7, 11) is -2.18. The second kappa shape index (κ2) is 7.03. The summed E-state index contributed by atoms with van der Waals surface area (Å²) in [6, 6.07) is 17.3. The molecule has 25 heavy (non-hydrogen) atoms. The van der Waals surface area contributed by atoms with Crippen molar-refractivity contribution in [1.29, 1.82) is 0 Å². The Hall–Kier alpha value is -2.73. The van der Waals surface area contributed by atoms with Crippen LogP contribution < -0.4 is 14.2 Å². The van der Waals surface area contributed by atoms with Gasteiger partial charge in [-0.3, -0.25) is 4.72 Å². The number of anilines is 1. The zero-order valence-corrected chi connectivity index (χ0v) is 14.8. The van der Waals surface area contributed by atoms with E-state index in [1.165, 1.54) is 0 Å². The van der Waals surface area contributed by atoms with Crippen LogP contribution in [0.3, 0.4) is 0 Å². The fourth-order valence-corrected chi connectivity index (χ4v) is 3.90. The van der Waals surface area contributed by atoms with Gasteiger partial charge < -0.3 is 9.47 Å². The van der Waals surface area contributed by atoms with Gasteiger partial charge in [0.25, 0.3) is 10.0 Å². The average Bonchev–Trinajstić information content (AvgIpc) is 2.62. The Bertz CT molecular complexity index is 982. The van der Waals surface area contributed by atoms with Gasteiger partial charge >= 0.3 is 0 Å². The lowest BCUT2D eigenvalue weighted by molar-refractivity contribution is 0.344. The van der Waals surface area contributed by atoms with Crippen molar-refractivity contribution in [2.24, 2.45) is 0 Å². The number of sulfonamides is 1. The Kier molecular flexibility index (Phi) is 4.81. The fourth-order valence-electron chi connectivity index (χ4n) is 2.63. The van der Waals surface area contributed by atoms with Crippen LogP contribution in [0.5, 0.6) is 11.5 Å². The highest BCUT2D eigenvalue weighted by molar-refractivity contribution is 7.93. The van der Waals surface area contributed by atoms with Gasteiger partial charge in [-0.05, 0) is 43.3 Å². The van der Waals surface area contributed by atoms with Gasteiger partial charge in [0, 0.05) is 16.5 Å². The predicted molar refractivity (Wildman–Crippen MR) is 98.9 cm³/mol. The van der Waals surface area contributed by atoms with Crippen LogP contribution >= 0.6 is 0 Å². The lowest BCUT2D eigenvalue weighted by Gasteiger charge is -2.13. The number of rotatable bonds is 6. The van der Waals surface area contributed by atoms with Crippen molar-refractivity contribution in [3.05, 3.63) is 60.7 Å². The van der Waals surface area contributed by atoms with Crippen LogP contribution in [0.2, 0.25) is 0 Å². The Morgan fingerprint density at radius 1 is 0.920 bits per heavy atom. The molecule has 6 heteroatoms. The maximum Gasteiger partial charge on any atom is 0.262 e. The molecule has 0 aliphatic rings. The van der Waals surface area contributed by atoms with Crippen LogP contribution in [0.4, 0.5) is 5.69 Å². The second-order valence-corrected chi connectivity index (χ2v) is 7.03. The first-order valence-corrected chi connectivity index (χ1v) is 9.35. The molecule has 130 valence electrons. The van der Waals surface area contributed by atoms with E-state index in [1.807, 2.05) is 25.1 Å². The van der Waals surface area contributed by atoms with E-state index in [-0.39, 0.29) is 4.90 Å². The van der Waals surface area contributed by atoms with E-state index in [2.05, 4.69) is 4.72 Å². The summed E-state index contributed by atoms with van der Waals surface area (Å²) in [5.74, 6) is 1.33. The number of nitrogens with one attached hydrogen (secondary N) is 1. The van der Waals surface area contributed by atoms with Crippen molar-refractivity contribution in [2.75, 3.05) is 18.4 Å². The molecule has 5 nitrogen and oxygen atoms in total. The first-order valence-electron chi connectivity index (χ1n) is 7.86. The summed E-state index contributed by atoms with van der Waals surface area (Å²) in [6.45, 7) is 2.41. The molecule has 0 atom stereocenters. The first-order chi connectivity index (χ1) is 12.0. The zero-order chi connectivity index (χ0) is 17.9. The van der Waals surface area contributed by atoms with Crippen LogP contribution in [-0.2, 0) is 10.0 Å². The van der Waals surface area contributed by atoms with Crippen LogP contribution in [0.15, 0.2) is 65.6 Å². The molecule has 3 rings (SSSR count). The van der Waals surface area contributed by atoms with Crippen molar-refractivity contribution in [2.45, 2.75) is 11.8 Å². The summed E-state index contributed by atoms with van der Waals surface area (Å²) in [6.07, 6.45) is 0. The van der Waals surface area contributed by atoms with Crippen LogP contribution in [0, 0.1) is 0 Å². The quantitative estimate of drug-likeness (QED) is 0.723. The predicted octanol–water partition coefficient (Wildman–Crippen LogP) is 4.05. The minimum Gasteiger partial charge on any atom is -0.497 e. The topological polar surface area (TPSA) is 64.6 Å². The highest BCUT2D eigenvalue weighted by Crippen LogP contribution is 2.32. The third-order valence-electron chi connectivity index (χ3n) is 3.78. The number of benzene rings is 3. The molecule has 0 saturated heterocycles. The van der Waals surface area contributed by atoms with Gasteiger partial charge in [0.05, 0.1) is 18.6 Å². The molecule has 0 aliphatic carbocycles. The number of methoxy groups -OCH3 is 1. The Morgan fingerprint density at radius 2 is 1.60 bits per heavy atom. The molecule has 1 N–H and O–H groups in total. The van der Waals surface area contributed by atoms with Crippen LogP contribution in [0.1, 0.15) is 6.92 Å². The largest absolute Gasteiger partial charge is 0.497 e. The van der Waals surface area contributed by atoms with E-state index < -0.39 is 10.0 Å². The molecule has 0 fully saturated rings. The molecule has 3 aromatic rings. The van der Waals surface area contributed by atoms with Gasteiger partial charge in [-0.15, -0.1) is 0 Å². The minimum absolute atomic E-state index is 0.211. The Labute approximate surface area is 147 Å². The number of fused-ring (bicyclic) bond motifs is 1. The molecule has 0 radical (unpaired) electrons. The van der Waals surface area contributed by atoms with E-state index in [9.17, 15) is 8.42 Å². The van der Waals surface area contributed by atoms with Crippen molar-refractivity contribution in [3.8, 4) is 11.5 Å². The first kappa shape index (κ1) is 17.1. The summed E-state index contributed by atoms with van der Waals surface area (Å²) in [5.41, 5.74) is 0.471. The van der Waals surface area contributed by atoms with E-state index in [0.29, 0.717) is 29.2 Å². The molecular weight excluding hydrogens is 338 g/mol. The highest BCUT2D eigenvalue weighted by atomic mass is 32.2. The molecule has 0 saturated carbocycles. The zero-order valence-electron chi connectivity index (χ0n) is 14.0. The van der Waals surface area contributed by atoms with Crippen molar-refractivity contribution >= 4 is 26.5 Å². The van der Waals surface area contributed by atoms with Crippen molar-refractivity contribution in [1.82, 2.24) is 0 Å². The maximum atomic E-state index is 12.9. The van der Waals surface area contributed by atoms with Gasteiger partial charge in [-0.25, -0.2) is 8.42 Å². The lowest BCUT2D eigenvalue weighted by atomic mass is 10.1. The van der Waals surface area contributed by atoms with Gasteiger partial charge in [-0.2, -0.15) is 0 Å². The monoisotopic (exact) mass is 357 g/mol. The minimum atomic E-state index is -3.74. The molecule has 0 amide bonds. The number of ether oxygens (including phenoxy) is 2. The van der Waals surface area contributed by atoms with Crippen LogP contribution in [-0.4, -0.2) is 22.1 Å². The number of hydrogen-bond acceptors (Lipinski definition) is 4. The van der Waals surface area contributed by atoms with Crippen molar-refractivity contribution in [3.63, 3.8) is 0 Å². The van der Waals surface area contributed by atoms with Gasteiger partial charge in [0.1, 0.15) is 11.5 Å². The summed E-state index contributed by atoms with van der Waals surface area (Å²) in [4.78, 5) is 0.211. The van der Waals surface area contributed by atoms with E-state index in [1.54, 1.807) is 49.6 Å². The fraction of sp³-hybridized carbons (Fsp3) is 0.158.